The summed E-state index contributed by atoms with van der Waals surface area (Å²) >= 11 is 0. The van der Waals surface area contributed by atoms with E-state index in [0.717, 1.165) is 22.1 Å². The van der Waals surface area contributed by atoms with E-state index in [9.17, 15) is 9.59 Å². The molecule has 0 bridgehead atoms. The average Bonchev–Trinajstić information content (AvgIpc) is 2.62. The number of pyridine rings is 1. The van der Waals surface area contributed by atoms with Crippen molar-refractivity contribution in [1.29, 1.82) is 0 Å². The van der Waals surface area contributed by atoms with Gasteiger partial charge in [-0.1, -0.05) is 12.1 Å². The molecule has 5 N–H and O–H groups in total. The number of hydrogen-bond acceptors (Lipinski definition) is 4. The molecule has 0 fully saturated rings. The minimum Gasteiger partial charge on any atom is -0.366 e. The van der Waals surface area contributed by atoms with Crippen LogP contribution in [0, 0.1) is 0 Å². The molecule has 3 amide bonds. The lowest BCUT2D eigenvalue weighted by Gasteiger charge is -2.11. The van der Waals surface area contributed by atoms with Gasteiger partial charge in [-0.15, -0.1) is 0 Å². The fourth-order valence-corrected chi connectivity index (χ4v) is 2.54. The zero-order valence-electron chi connectivity index (χ0n) is 14.2. The van der Waals surface area contributed by atoms with Crippen LogP contribution in [0.2, 0.25) is 0 Å². The molecule has 0 aliphatic heterocycles. The first-order chi connectivity index (χ1) is 12.6. The molecular weight excluding hydrogens is 330 g/mol. The average molecular weight is 349 g/mol. The van der Waals surface area contributed by atoms with Crippen LogP contribution in [0.1, 0.15) is 17.3 Å². The molecule has 3 rings (SSSR count). The Kier molecular flexibility index (Phi) is 4.98. The number of nitrogens with zero attached hydrogens (tertiary/aromatic N) is 1. The zero-order valence-corrected chi connectivity index (χ0v) is 14.2. The highest BCUT2D eigenvalue weighted by Crippen LogP contribution is 2.27. The van der Waals surface area contributed by atoms with E-state index in [-0.39, 0.29) is 6.03 Å². The molecule has 7 heteroatoms. The van der Waals surface area contributed by atoms with E-state index < -0.39 is 5.91 Å². The zero-order chi connectivity index (χ0) is 18.5. The number of rotatable bonds is 5. The van der Waals surface area contributed by atoms with E-state index in [1.54, 1.807) is 30.5 Å². The van der Waals surface area contributed by atoms with Crippen molar-refractivity contribution in [3.05, 3.63) is 60.3 Å². The summed E-state index contributed by atoms with van der Waals surface area (Å²) in [4.78, 5) is 27.1. The number of benzene rings is 2. The summed E-state index contributed by atoms with van der Waals surface area (Å²) in [6.07, 6.45) is 1.71. The number of hydrogen-bond donors (Lipinski definition) is 4. The van der Waals surface area contributed by atoms with Crippen molar-refractivity contribution in [2.24, 2.45) is 5.73 Å². The van der Waals surface area contributed by atoms with E-state index in [4.69, 9.17) is 5.73 Å². The topological polar surface area (TPSA) is 109 Å². The fourth-order valence-electron chi connectivity index (χ4n) is 2.54. The van der Waals surface area contributed by atoms with Crippen LogP contribution >= 0.6 is 0 Å². The van der Waals surface area contributed by atoms with Gasteiger partial charge in [-0.05, 0) is 48.7 Å². The fraction of sp³-hybridized carbons (Fsp3) is 0.105. The van der Waals surface area contributed by atoms with E-state index >= 15 is 0 Å². The highest BCUT2D eigenvalue weighted by Gasteiger charge is 2.06. The van der Waals surface area contributed by atoms with Crippen molar-refractivity contribution >= 4 is 39.9 Å². The smallest absolute Gasteiger partial charge is 0.320 e. The largest absolute Gasteiger partial charge is 0.366 e. The molecule has 3 aromatic rings. The summed E-state index contributed by atoms with van der Waals surface area (Å²) in [6.45, 7) is 2.39. The molecule has 0 aliphatic rings. The number of nitrogens with two attached hydrogens (primary N) is 1. The Balaban J connectivity index is 1.85. The van der Waals surface area contributed by atoms with Gasteiger partial charge in [0.1, 0.15) is 5.82 Å². The molecule has 0 atom stereocenters. The van der Waals surface area contributed by atoms with Crippen LogP contribution in [-0.4, -0.2) is 23.5 Å². The first kappa shape index (κ1) is 17.2. The molecule has 0 spiro atoms. The Morgan fingerprint density at radius 1 is 1.12 bits per heavy atom. The van der Waals surface area contributed by atoms with Crippen LogP contribution in [-0.2, 0) is 0 Å². The summed E-state index contributed by atoms with van der Waals surface area (Å²) in [5.41, 5.74) is 7.40. The highest BCUT2D eigenvalue weighted by molar-refractivity contribution is 5.98. The van der Waals surface area contributed by atoms with Gasteiger partial charge >= 0.3 is 6.03 Å². The third kappa shape index (κ3) is 3.89. The minimum absolute atomic E-state index is 0.289. The Morgan fingerprint density at radius 2 is 1.88 bits per heavy atom. The van der Waals surface area contributed by atoms with Crippen molar-refractivity contribution in [2.75, 3.05) is 17.2 Å². The monoisotopic (exact) mass is 349 g/mol. The first-order valence-electron chi connectivity index (χ1n) is 8.17. The van der Waals surface area contributed by atoms with Gasteiger partial charge in [0, 0.05) is 35.1 Å². The van der Waals surface area contributed by atoms with E-state index in [2.05, 4.69) is 20.9 Å². The number of amides is 3. The second-order valence-electron chi connectivity index (χ2n) is 5.65. The number of primary amides is 1. The van der Waals surface area contributed by atoms with E-state index in [0.29, 0.717) is 17.9 Å². The molecule has 0 unspecified atom stereocenters. The number of carbonyl (C=O) groups excluding carboxylic acids is 2. The van der Waals surface area contributed by atoms with Crippen LogP contribution in [0.4, 0.5) is 22.0 Å². The molecule has 0 aliphatic carbocycles. The number of fused-ring (bicyclic) bond motifs is 1. The highest BCUT2D eigenvalue weighted by atomic mass is 16.2. The molecule has 26 heavy (non-hydrogen) atoms. The van der Waals surface area contributed by atoms with Crippen LogP contribution in [0.15, 0.2) is 54.7 Å². The Hall–Kier alpha value is -3.61. The van der Waals surface area contributed by atoms with Crippen molar-refractivity contribution in [1.82, 2.24) is 10.3 Å². The maximum absolute atomic E-state index is 11.6. The second-order valence-corrected chi connectivity index (χ2v) is 5.65. The van der Waals surface area contributed by atoms with Gasteiger partial charge in [0.15, 0.2) is 0 Å². The number of aromatic nitrogens is 1. The number of anilines is 3. The predicted molar refractivity (Wildman–Crippen MR) is 103 cm³/mol. The van der Waals surface area contributed by atoms with Gasteiger partial charge in [0.2, 0.25) is 5.91 Å². The second kappa shape index (κ2) is 7.52. The van der Waals surface area contributed by atoms with E-state index in [1.165, 1.54) is 0 Å². The third-order valence-corrected chi connectivity index (χ3v) is 3.79. The molecule has 0 saturated heterocycles. The molecule has 132 valence electrons. The molecule has 0 saturated carbocycles. The summed E-state index contributed by atoms with van der Waals surface area (Å²) in [5, 5.41) is 10.5. The molecule has 0 radical (unpaired) electrons. The third-order valence-electron chi connectivity index (χ3n) is 3.79. The van der Waals surface area contributed by atoms with Crippen molar-refractivity contribution in [2.45, 2.75) is 6.92 Å². The standard InChI is InChI=1S/C19H19N5O2/c1-2-21-19(26)24-17-10-13-4-3-5-16(15(13)11-22-17)23-14-8-6-12(7-9-14)18(20)25/h3-11,23H,2H2,1H3,(H2,20,25)(H2,21,22,24,26). The Labute approximate surface area is 150 Å². The molecule has 2 aromatic carbocycles. The number of nitrogens with one attached hydrogen (secondary N) is 3. The SMILES string of the molecule is CCNC(=O)Nc1cc2cccc(Nc3ccc(C(N)=O)cc3)c2cn1. The quantitative estimate of drug-likeness (QED) is 0.567. The molecule has 7 nitrogen and oxygen atoms in total. The molecule has 1 heterocycles. The summed E-state index contributed by atoms with van der Waals surface area (Å²) in [7, 11) is 0. The van der Waals surface area contributed by atoms with E-state index in [1.807, 2.05) is 31.2 Å². The summed E-state index contributed by atoms with van der Waals surface area (Å²) < 4.78 is 0. The molecular formula is C19H19N5O2. The maximum Gasteiger partial charge on any atom is 0.320 e. The Morgan fingerprint density at radius 3 is 2.58 bits per heavy atom. The van der Waals surface area contributed by atoms with Crippen molar-refractivity contribution in [3.63, 3.8) is 0 Å². The number of carbonyl (C=O) groups is 2. The summed E-state index contributed by atoms with van der Waals surface area (Å²) in [5.74, 6) is 0.0180. The lowest BCUT2D eigenvalue weighted by molar-refractivity contribution is 0.100. The maximum atomic E-state index is 11.6. The van der Waals surface area contributed by atoms with Crippen LogP contribution in [0.3, 0.4) is 0 Å². The van der Waals surface area contributed by atoms with Gasteiger partial charge in [-0.3, -0.25) is 10.1 Å². The van der Waals surface area contributed by atoms with Gasteiger partial charge < -0.3 is 16.4 Å². The molecule has 1 aromatic heterocycles. The minimum atomic E-state index is -0.460. The van der Waals surface area contributed by atoms with Crippen molar-refractivity contribution in [3.8, 4) is 0 Å². The van der Waals surface area contributed by atoms with Crippen LogP contribution in [0.25, 0.3) is 10.8 Å². The normalized spacial score (nSPS) is 10.3. The lowest BCUT2D eigenvalue weighted by atomic mass is 10.1. The van der Waals surface area contributed by atoms with Gasteiger partial charge in [0.05, 0.1) is 0 Å². The summed E-state index contributed by atoms with van der Waals surface area (Å²) in [6, 6.07) is 14.2. The first-order valence-corrected chi connectivity index (χ1v) is 8.17. The number of urea groups is 1. The van der Waals surface area contributed by atoms with Gasteiger partial charge in [-0.25, -0.2) is 9.78 Å². The van der Waals surface area contributed by atoms with Crippen LogP contribution in [0.5, 0.6) is 0 Å². The van der Waals surface area contributed by atoms with Crippen LogP contribution < -0.4 is 21.7 Å². The predicted octanol–water partition coefficient (Wildman–Crippen LogP) is 3.22. The Bertz CT molecular complexity index is 954. The van der Waals surface area contributed by atoms with Gasteiger partial charge in [-0.2, -0.15) is 0 Å². The lowest BCUT2D eigenvalue weighted by Crippen LogP contribution is -2.28. The van der Waals surface area contributed by atoms with Crippen molar-refractivity contribution < 1.29 is 9.59 Å². The van der Waals surface area contributed by atoms with Gasteiger partial charge in [0.25, 0.3) is 0 Å².